The quantitative estimate of drug-likeness (QED) is 0.822. The first-order chi connectivity index (χ1) is 7.06. The Balaban J connectivity index is 2.63. The van der Waals surface area contributed by atoms with Crippen LogP contribution >= 0.6 is 0 Å². The van der Waals surface area contributed by atoms with Crippen LogP contribution in [0, 0.1) is 0 Å². The highest BCUT2D eigenvalue weighted by Gasteiger charge is 2.21. The van der Waals surface area contributed by atoms with Crippen molar-refractivity contribution in [3.05, 3.63) is 30.1 Å². The summed E-state index contributed by atoms with van der Waals surface area (Å²) in [6.45, 7) is 4.64. The molecule has 4 nitrogen and oxygen atoms in total. The molecular formula is C11H16N2O2. The molecule has 1 amide bonds. The SMILES string of the molecule is COC(=O)NCC(C)(C)c1ccncc1. The first-order valence-electron chi connectivity index (χ1n) is 4.78. The van der Waals surface area contributed by atoms with E-state index in [9.17, 15) is 4.79 Å². The monoisotopic (exact) mass is 208 g/mol. The highest BCUT2D eigenvalue weighted by Crippen LogP contribution is 2.20. The molecular weight excluding hydrogens is 192 g/mol. The molecule has 0 radical (unpaired) electrons. The van der Waals surface area contributed by atoms with Crippen LogP contribution in [0.3, 0.4) is 0 Å². The molecule has 0 unspecified atom stereocenters. The average Bonchev–Trinajstić information content (AvgIpc) is 2.27. The number of hydrogen-bond donors (Lipinski definition) is 1. The Hall–Kier alpha value is -1.58. The van der Waals surface area contributed by atoms with Crippen molar-refractivity contribution in [3.8, 4) is 0 Å². The summed E-state index contributed by atoms with van der Waals surface area (Å²) in [4.78, 5) is 14.9. The van der Waals surface area contributed by atoms with E-state index in [1.54, 1.807) is 12.4 Å². The van der Waals surface area contributed by atoms with E-state index in [4.69, 9.17) is 0 Å². The van der Waals surface area contributed by atoms with E-state index in [1.807, 2.05) is 12.1 Å². The lowest BCUT2D eigenvalue weighted by Crippen LogP contribution is -2.36. The van der Waals surface area contributed by atoms with E-state index >= 15 is 0 Å². The molecule has 4 heteroatoms. The molecule has 0 aliphatic rings. The minimum Gasteiger partial charge on any atom is -0.453 e. The van der Waals surface area contributed by atoms with Gasteiger partial charge in [-0.15, -0.1) is 0 Å². The zero-order chi connectivity index (χ0) is 11.3. The van der Waals surface area contributed by atoms with Gasteiger partial charge in [-0.2, -0.15) is 0 Å². The lowest BCUT2D eigenvalue weighted by Gasteiger charge is -2.24. The third-order valence-electron chi connectivity index (χ3n) is 2.32. The summed E-state index contributed by atoms with van der Waals surface area (Å²) in [6, 6.07) is 3.89. The predicted molar refractivity (Wildman–Crippen MR) is 57.7 cm³/mol. The fourth-order valence-electron chi connectivity index (χ4n) is 1.27. The van der Waals surface area contributed by atoms with Gasteiger partial charge in [0.05, 0.1) is 7.11 Å². The van der Waals surface area contributed by atoms with Crippen LogP contribution in [0.2, 0.25) is 0 Å². The summed E-state index contributed by atoms with van der Waals surface area (Å²) >= 11 is 0. The minimum atomic E-state index is -0.405. The fourth-order valence-corrected chi connectivity index (χ4v) is 1.27. The molecule has 0 bridgehead atoms. The van der Waals surface area contributed by atoms with Crippen LogP contribution in [-0.4, -0.2) is 24.7 Å². The van der Waals surface area contributed by atoms with Crippen molar-refractivity contribution in [1.29, 1.82) is 0 Å². The van der Waals surface area contributed by atoms with Gasteiger partial charge in [0.15, 0.2) is 0 Å². The van der Waals surface area contributed by atoms with Crippen molar-refractivity contribution >= 4 is 6.09 Å². The Morgan fingerprint density at radius 3 is 2.60 bits per heavy atom. The number of hydrogen-bond acceptors (Lipinski definition) is 3. The van der Waals surface area contributed by atoms with Crippen molar-refractivity contribution in [2.45, 2.75) is 19.3 Å². The summed E-state index contributed by atoms with van der Waals surface area (Å²) in [6.07, 6.45) is 3.09. The zero-order valence-corrected chi connectivity index (χ0v) is 9.28. The molecule has 82 valence electrons. The number of aromatic nitrogens is 1. The number of alkyl carbamates (subject to hydrolysis) is 1. The average molecular weight is 208 g/mol. The first kappa shape index (κ1) is 11.5. The molecule has 1 aromatic rings. The Labute approximate surface area is 89.7 Å². The number of amides is 1. The summed E-state index contributed by atoms with van der Waals surface area (Å²) < 4.78 is 4.52. The zero-order valence-electron chi connectivity index (χ0n) is 9.28. The summed E-state index contributed by atoms with van der Waals surface area (Å²) in [5.41, 5.74) is 1.01. The van der Waals surface area contributed by atoms with Crippen molar-refractivity contribution in [2.75, 3.05) is 13.7 Å². The molecule has 0 aliphatic heterocycles. The number of pyridine rings is 1. The van der Waals surface area contributed by atoms with E-state index in [-0.39, 0.29) is 5.41 Å². The topological polar surface area (TPSA) is 51.2 Å². The number of nitrogens with one attached hydrogen (secondary N) is 1. The second-order valence-corrected chi connectivity index (χ2v) is 3.96. The second kappa shape index (κ2) is 4.77. The highest BCUT2D eigenvalue weighted by molar-refractivity contribution is 5.67. The summed E-state index contributed by atoms with van der Waals surface area (Å²) in [7, 11) is 1.36. The number of ether oxygens (including phenoxy) is 1. The number of carbonyl (C=O) groups excluding carboxylic acids is 1. The molecule has 0 spiro atoms. The van der Waals surface area contributed by atoms with Gasteiger partial charge in [-0.3, -0.25) is 4.98 Å². The van der Waals surface area contributed by atoms with Gasteiger partial charge in [0, 0.05) is 24.4 Å². The standard InChI is InChI=1S/C11H16N2O2/c1-11(2,8-13-10(14)15-3)9-4-6-12-7-5-9/h4-7H,8H2,1-3H3,(H,13,14). The molecule has 1 rings (SSSR count). The van der Waals surface area contributed by atoms with Crippen molar-refractivity contribution in [2.24, 2.45) is 0 Å². The molecule has 15 heavy (non-hydrogen) atoms. The molecule has 0 atom stereocenters. The van der Waals surface area contributed by atoms with E-state index in [0.29, 0.717) is 6.54 Å². The van der Waals surface area contributed by atoms with Gasteiger partial charge in [0.25, 0.3) is 0 Å². The van der Waals surface area contributed by atoms with E-state index in [1.165, 1.54) is 7.11 Å². The van der Waals surface area contributed by atoms with Crippen LogP contribution in [-0.2, 0) is 10.2 Å². The van der Waals surface area contributed by atoms with Crippen LogP contribution in [0.4, 0.5) is 4.79 Å². The Morgan fingerprint density at radius 1 is 1.47 bits per heavy atom. The van der Waals surface area contributed by atoms with E-state index in [0.717, 1.165) is 5.56 Å². The summed E-state index contributed by atoms with van der Waals surface area (Å²) in [5.74, 6) is 0. The molecule has 0 aliphatic carbocycles. The van der Waals surface area contributed by atoms with Gasteiger partial charge in [0.1, 0.15) is 0 Å². The minimum absolute atomic E-state index is 0.128. The third-order valence-corrected chi connectivity index (χ3v) is 2.32. The van der Waals surface area contributed by atoms with E-state index in [2.05, 4.69) is 28.9 Å². The second-order valence-electron chi connectivity index (χ2n) is 3.96. The normalized spacial score (nSPS) is 10.9. The smallest absolute Gasteiger partial charge is 0.406 e. The van der Waals surface area contributed by atoms with Gasteiger partial charge in [-0.1, -0.05) is 13.8 Å². The van der Waals surface area contributed by atoms with Gasteiger partial charge >= 0.3 is 6.09 Å². The van der Waals surface area contributed by atoms with Gasteiger partial charge in [-0.05, 0) is 17.7 Å². The Bertz CT molecular complexity index is 323. The van der Waals surface area contributed by atoms with Crippen LogP contribution < -0.4 is 5.32 Å². The molecule has 1 heterocycles. The van der Waals surface area contributed by atoms with Crippen LogP contribution in [0.5, 0.6) is 0 Å². The molecule has 0 aromatic carbocycles. The molecule has 0 saturated heterocycles. The first-order valence-corrected chi connectivity index (χ1v) is 4.78. The maximum absolute atomic E-state index is 10.9. The Morgan fingerprint density at radius 2 is 2.07 bits per heavy atom. The van der Waals surface area contributed by atoms with Crippen LogP contribution in [0.25, 0.3) is 0 Å². The maximum Gasteiger partial charge on any atom is 0.406 e. The van der Waals surface area contributed by atoms with Gasteiger partial charge in [0.2, 0.25) is 0 Å². The molecule has 1 aromatic heterocycles. The van der Waals surface area contributed by atoms with Crippen molar-refractivity contribution < 1.29 is 9.53 Å². The van der Waals surface area contributed by atoms with E-state index < -0.39 is 6.09 Å². The third kappa shape index (κ3) is 3.23. The van der Waals surface area contributed by atoms with Gasteiger partial charge in [-0.25, -0.2) is 4.79 Å². The number of methoxy groups -OCH3 is 1. The van der Waals surface area contributed by atoms with Crippen molar-refractivity contribution in [3.63, 3.8) is 0 Å². The largest absolute Gasteiger partial charge is 0.453 e. The maximum atomic E-state index is 10.9. The fraction of sp³-hybridized carbons (Fsp3) is 0.455. The van der Waals surface area contributed by atoms with Crippen LogP contribution in [0.15, 0.2) is 24.5 Å². The Kier molecular flexibility index (Phi) is 3.66. The van der Waals surface area contributed by atoms with Crippen molar-refractivity contribution in [1.82, 2.24) is 10.3 Å². The van der Waals surface area contributed by atoms with Gasteiger partial charge < -0.3 is 10.1 Å². The predicted octanol–water partition coefficient (Wildman–Crippen LogP) is 1.72. The van der Waals surface area contributed by atoms with Crippen LogP contribution in [0.1, 0.15) is 19.4 Å². The molecule has 0 fully saturated rings. The molecule has 0 saturated carbocycles. The summed E-state index contributed by atoms with van der Waals surface area (Å²) in [5, 5.41) is 2.69. The number of rotatable bonds is 3. The lowest BCUT2D eigenvalue weighted by atomic mass is 9.85. The highest BCUT2D eigenvalue weighted by atomic mass is 16.5. The number of nitrogens with zero attached hydrogens (tertiary/aromatic N) is 1. The lowest BCUT2D eigenvalue weighted by molar-refractivity contribution is 0.168. The number of carbonyl (C=O) groups is 1. The molecule has 1 N–H and O–H groups in total.